The molecule has 0 aromatic heterocycles. The second kappa shape index (κ2) is 4.35. The van der Waals surface area contributed by atoms with E-state index in [1.54, 1.807) is 19.9 Å². The Bertz CT molecular complexity index is 510. The molecule has 1 aliphatic heterocycles. The number of aliphatic carboxylic acids is 1. The third-order valence-electron chi connectivity index (χ3n) is 2.87. The van der Waals surface area contributed by atoms with Crippen molar-refractivity contribution in [2.75, 3.05) is 6.79 Å². The van der Waals surface area contributed by atoms with Crippen molar-refractivity contribution < 1.29 is 24.5 Å². The van der Waals surface area contributed by atoms with Gasteiger partial charge in [-0.3, -0.25) is 4.79 Å². The first-order valence-electron chi connectivity index (χ1n) is 5.36. The van der Waals surface area contributed by atoms with Crippen LogP contribution in [0.15, 0.2) is 10.5 Å². The molecule has 0 atom stereocenters. The highest BCUT2D eigenvalue weighted by molar-refractivity contribution is 9.10. The van der Waals surface area contributed by atoms with Gasteiger partial charge in [-0.25, -0.2) is 0 Å². The van der Waals surface area contributed by atoms with Crippen LogP contribution in [0.25, 0.3) is 0 Å². The van der Waals surface area contributed by atoms with Gasteiger partial charge >= 0.3 is 5.97 Å². The van der Waals surface area contributed by atoms with E-state index < -0.39 is 11.4 Å². The Morgan fingerprint density at radius 2 is 2.17 bits per heavy atom. The van der Waals surface area contributed by atoms with Crippen molar-refractivity contribution in [1.29, 1.82) is 0 Å². The summed E-state index contributed by atoms with van der Waals surface area (Å²) >= 11 is 3.22. The number of benzene rings is 1. The van der Waals surface area contributed by atoms with E-state index >= 15 is 0 Å². The van der Waals surface area contributed by atoms with Gasteiger partial charge in [0.2, 0.25) is 6.79 Å². The maximum atomic E-state index is 11.1. The smallest absolute Gasteiger partial charge is 0.309 e. The zero-order chi connectivity index (χ0) is 13.5. The van der Waals surface area contributed by atoms with Crippen molar-refractivity contribution >= 4 is 21.9 Å². The van der Waals surface area contributed by atoms with E-state index in [1.807, 2.05) is 0 Å². The summed E-state index contributed by atoms with van der Waals surface area (Å²) in [5.74, 6) is 0.0320. The second-order valence-corrected chi connectivity index (χ2v) is 5.59. The Morgan fingerprint density at radius 1 is 1.50 bits per heavy atom. The number of halogens is 1. The lowest BCUT2D eigenvalue weighted by molar-refractivity contribution is -0.146. The molecule has 2 N–H and O–H groups in total. The van der Waals surface area contributed by atoms with Crippen LogP contribution in [0.5, 0.6) is 17.2 Å². The van der Waals surface area contributed by atoms with Crippen LogP contribution in [0.2, 0.25) is 0 Å². The number of phenolic OH excluding ortho intramolecular Hbond substituents is 1. The molecule has 0 saturated heterocycles. The average molecular weight is 317 g/mol. The monoisotopic (exact) mass is 316 g/mol. The van der Waals surface area contributed by atoms with Crippen molar-refractivity contribution in [1.82, 2.24) is 0 Å². The van der Waals surface area contributed by atoms with Gasteiger partial charge in [-0.1, -0.05) is 0 Å². The number of rotatable bonds is 3. The van der Waals surface area contributed by atoms with Crippen molar-refractivity contribution in [3.05, 3.63) is 16.1 Å². The normalized spacial score (nSPS) is 13.7. The molecule has 0 fully saturated rings. The molecule has 0 unspecified atom stereocenters. The highest BCUT2D eigenvalue weighted by atomic mass is 79.9. The summed E-state index contributed by atoms with van der Waals surface area (Å²) in [6.45, 7) is 3.31. The fraction of sp³-hybridized carbons (Fsp3) is 0.417. The number of phenols is 1. The lowest BCUT2D eigenvalue weighted by atomic mass is 9.85. The topological polar surface area (TPSA) is 76.0 Å². The summed E-state index contributed by atoms with van der Waals surface area (Å²) in [6.07, 6.45) is 0.198. The molecule has 6 heteroatoms. The van der Waals surface area contributed by atoms with E-state index in [0.717, 1.165) is 0 Å². The minimum Gasteiger partial charge on any atom is -0.506 e. The van der Waals surface area contributed by atoms with Crippen LogP contribution in [0, 0.1) is 5.41 Å². The number of ether oxygens (including phenoxy) is 2. The Balaban J connectivity index is 2.41. The van der Waals surface area contributed by atoms with Gasteiger partial charge in [0.1, 0.15) is 10.2 Å². The van der Waals surface area contributed by atoms with Crippen LogP contribution in [0.4, 0.5) is 0 Å². The molecular weight excluding hydrogens is 304 g/mol. The standard InChI is InChI=1S/C12H13BrO5/c1-12(2,11(15)16)4-6-3-7-10(18-5-17-7)8(13)9(6)14/h3,14H,4-5H2,1-2H3,(H,15,16). The van der Waals surface area contributed by atoms with Crippen LogP contribution >= 0.6 is 15.9 Å². The van der Waals surface area contributed by atoms with Crippen LogP contribution in [0.1, 0.15) is 19.4 Å². The predicted octanol–water partition coefficient (Wildman–Crippen LogP) is 2.54. The van der Waals surface area contributed by atoms with Gasteiger partial charge in [-0.05, 0) is 42.3 Å². The van der Waals surface area contributed by atoms with E-state index in [9.17, 15) is 9.90 Å². The van der Waals surface area contributed by atoms with Gasteiger partial charge in [0.05, 0.1) is 5.41 Å². The molecular formula is C12H13BrO5. The molecule has 0 saturated carbocycles. The first-order chi connectivity index (χ1) is 8.33. The zero-order valence-corrected chi connectivity index (χ0v) is 11.6. The third kappa shape index (κ3) is 2.12. The van der Waals surface area contributed by atoms with E-state index in [0.29, 0.717) is 21.5 Å². The molecule has 0 bridgehead atoms. The molecule has 1 aromatic carbocycles. The predicted molar refractivity (Wildman–Crippen MR) is 67.1 cm³/mol. The SMILES string of the molecule is CC(C)(Cc1cc2c(c(Br)c1O)OCO2)C(=O)O. The number of carbonyl (C=O) groups is 1. The van der Waals surface area contributed by atoms with Gasteiger partial charge < -0.3 is 19.7 Å². The number of hydrogen-bond donors (Lipinski definition) is 2. The van der Waals surface area contributed by atoms with Gasteiger partial charge in [0.25, 0.3) is 0 Å². The Labute approximate surface area is 112 Å². The largest absolute Gasteiger partial charge is 0.506 e. The Kier molecular flexibility index (Phi) is 3.14. The summed E-state index contributed by atoms with van der Waals surface area (Å²) in [5.41, 5.74) is -0.455. The number of carboxylic acid groups (broad SMARTS) is 1. The number of hydrogen-bond acceptors (Lipinski definition) is 4. The molecule has 0 radical (unpaired) electrons. The minimum atomic E-state index is -0.968. The summed E-state index contributed by atoms with van der Waals surface area (Å²) in [5, 5.41) is 19.1. The number of fused-ring (bicyclic) bond motifs is 1. The van der Waals surface area contributed by atoms with Gasteiger partial charge in [-0.2, -0.15) is 0 Å². The van der Waals surface area contributed by atoms with Gasteiger partial charge in [0.15, 0.2) is 11.5 Å². The van der Waals surface area contributed by atoms with Crippen LogP contribution in [-0.4, -0.2) is 23.0 Å². The zero-order valence-electron chi connectivity index (χ0n) is 9.99. The molecule has 1 heterocycles. The molecule has 5 nitrogen and oxygen atoms in total. The molecule has 0 amide bonds. The first-order valence-corrected chi connectivity index (χ1v) is 6.15. The number of aromatic hydroxyl groups is 1. The molecule has 2 rings (SSSR count). The van der Waals surface area contributed by atoms with Crippen LogP contribution < -0.4 is 9.47 Å². The highest BCUT2D eigenvalue weighted by Gasteiger charge is 2.31. The molecule has 98 valence electrons. The molecule has 0 spiro atoms. The first kappa shape index (κ1) is 13.0. The fourth-order valence-electron chi connectivity index (χ4n) is 1.73. The summed E-state index contributed by atoms with van der Waals surface area (Å²) in [6, 6.07) is 1.62. The molecule has 0 aliphatic carbocycles. The average Bonchev–Trinajstić information content (AvgIpc) is 2.73. The maximum absolute atomic E-state index is 11.1. The quantitative estimate of drug-likeness (QED) is 0.896. The lowest BCUT2D eigenvalue weighted by Gasteiger charge is -2.20. The fourth-order valence-corrected chi connectivity index (χ4v) is 2.29. The lowest BCUT2D eigenvalue weighted by Crippen LogP contribution is -2.26. The highest BCUT2D eigenvalue weighted by Crippen LogP contribution is 2.47. The van der Waals surface area contributed by atoms with Gasteiger partial charge in [-0.15, -0.1) is 0 Å². The summed E-state index contributed by atoms with van der Waals surface area (Å²) in [4.78, 5) is 11.1. The van der Waals surface area contributed by atoms with Gasteiger partial charge in [0, 0.05) is 5.56 Å². The van der Waals surface area contributed by atoms with E-state index in [-0.39, 0.29) is 19.0 Å². The molecule has 1 aromatic rings. The summed E-state index contributed by atoms with van der Waals surface area (Å²) in [7, 11) is 0. The summed E-state index contributed by atoms with van der Waals surface area (Å²) < 4.78 is 10.8. The van der Waals surface area contributed by atoms with E-state index in [4.69, 9.17) is 14.6 Å². The van der Waals surface area contributed by atoms with Crippen LogP contribution in [0.3, 0.4) is 0 Å². The van der Waals surface area contributed by atoms with Crippen LogP contribution in [-0.2, 0) is 11.2 Å². The Hall–Kier alpha value is -1.43. The molecule has 1 aliphatic rings. The Morgan fingerprint density at radius 3 is 2.78 bits per heavy atom. The maximum Gasteiger partial charge on any atom is 0.309 e. The van der Waals surface area contributed by atoms with E-state index in [1.165, 1.54) is 0 Å². The van der Waals surface area contributed by atoms with Crippen molar-refractivity contribution in [2.24, 2.45) is 5.41 Å². The molecule has 18 heavy (non-hydrogen) atoms. The second-order valence-electron chi connectivity index (χ2n) is 4.80. The number of carboxylic acids is 1. The minimum absolute atomic E-state index is 0.00595. The third-order valence-corrected chi connectivity index (χ3v) is 3.61. The van der Waals surface area contributed by atoms with E-state index in [2.05, 4.69) is 15.9 Å². The van der Waals surface area contributed by atoms with Crippen molar-refractivity contribution in [3.63, 3.8) is 0 Å². The van der Waals surface area contributed by atoms with Crippen molar-refractivity contribution in [2.45, 2.75) is 20.3 Å². The van der Waals surface area contributed by atoms with Crippen molar-refractivity contribution in [3.8, 4) is 17.2 Å².